The van der Waals surface area contributed by atoms with Crippen LogP contribution in [0.5, 0.6) is 0 Å². The van der Waals surface area contributed by atoms with E-state index < -0.39 is 17.7 Å². The van der Waals surface area contributed by atoms with Gasteiger partial charge in [-0.15, -0.1) is 0 Å². The number of aromatic nitrogens is 2. The normalized spacial score (nSPS) is 21.7. The molecule has 0 saturated carbocycles. The molecule has 0 radical (unpaired) electrons. The van der Waals surface area contributed by atoms with E-state index in [1.165, 1.54) is 7.05 Å². The number of benzene rings is 1. The van der Waals surface area contributed by atoms with Crippen molar-refractivity contribution in [2.45, 2.75) is 12.5 Å². The number of hydrogen-bond donors (Lipinski definition) is 2. The largest absolute Gasteiger partial charge is 0.465 e. The van der Waals surface area contributed by atoms with E-state index in [9.17, 15) is 14.3 Å². The number of carbonyl (C=O) groups is 1. The Bertz CT molecular complexity index is 1200. The van der Waals surface area contributed by atoms with Gasteiger partial charge in [0.2, 0.25) is 0 Å². The SMILES string of the molecule is CN1C[C@@H]2CCN(c3c(Br)cnc4[nH]c5c(N(C)C(=O)O)cc(F)c(F)c5c34)[C@@H]2C1. The first-order chi connectivity index (χ1) is 14.3. The minimum atomic E-state index is -1.27. The van der Waals surface area contributed by atoms with Crippen LogP contribution in [0.25, 0.3) is 21.9 Å². The van der Waals surface area contributed by atoms with Crippen molar-refractivity contribution >= 4 is 55.3 Å². The molecule has 0 spiro atoms. The Morgan fingerprint density at radius 3 is 2.87 bits per heavy atom. The Hall–Kier alpha value is -2.46. The molecule has 2 atom stereocenters. The van der Waals surface area contributed by atoms with Crippen molar-refractivity contribution in [1.29, 1.82) is 0 Å². The molecule has 158 valence electrons. The van der Waals surface area contributed by atoms with Gasteiger partial charge in [0.05, 0.1) is 32.1 Å². The lowest BCUT2D eigenvalue weighted by Gasteiger charge is -2.28. The summed E-state index contributed by atoms with van der Waals surface area (Å²) in [6.07, 6.45) is 1.40. The van der Waals surface area contributed by atoms with Crippen LogP contribution in [0, 0.1) is 17.6 Å². The maximum Gasteiger partial charge on any atom is 0.411 e. The van der Waals surface area contributed by atoms with Gasteiger partial charge in [-0.2, -0.15) is 0 Å². The Kier molecular flexibility index (Phi) is 4.41. The van der Waals surface area contributed by atoms with E-state index in [1.807, 2.05) is 0 Å². The minimum absolute atomic E-state index is 0.0201. The summed E-state index contributed by atoms with van der Waals surface area (Å²) in [6.45, 7) is 2.72. The summed E-state index contributed by atoms with van der Waals surface area (Å²) in [7, 11) is 3.38. The van der Waals surface area contributed by atoms with Gasteiger partial charge in [-0.3, -0.25) is 4.90 Å². The molecule has 10 heteroatoms. The number of likely N-dealkylation sites (tertiary alicyclic amines) is 1. The lowest BCUT2D eigenvalue weighted by molar-refractivity contribution is 0.203. The average molecular weight is 480 g/mol. The minimum Gasteiger partial charge on any atom is -0.465 e. The standard InChI is InChI=1S/C20H20BrF2N5O2/c1-26-7-9-3-4-28(13(9)8-26)18-10(21)6-24-19-15(18)14-16(23)11(22)5-12(17(14)25-19)27(2)20(29)30/h5-6,9,13H,3-4,7-8H2,1-2H3,(H,24,25)(H,29,30)/t9-,13+/m0/s1. The Morgan fingerprint density at radius 2 is 2.13 bits per heavy atom. The topological polar surface area (TPSA) is 75.7 Å². The molecule has 7 nitrogen and oxygen atoms in total. The van der Waals surface area contributed by atoms with Gasteiger partial charge in [0.15, 0.2) is 11.6 Å². The van der Waals surface area contributed by atoms with Crippen LogP contribution in [0.4, 0.5) is 25.0 Å². The van der Waals surface area contributed by atoms with E-state index >= 15 is 4.39 Å². The maximum atomic E-state index is 15.1. The molecule has 30 heavy (non-hydrogen) atoms. The third kappa shape index (κ3) is 2.70. The predicted molar refractivity (Wildman–Crippen MR) is 114 cm³/mol. The molecule has 2 fully saturated rings. The number of rotatable bonds is 2. The van der Waals surface area contributed by atoms with Crippen LogP contribution in [0.3, 0.4) is 0 Å². The summed E-state index contributed by atoms with van der Waals surface area (Å²) in [6, 6.07) is 1.17. The van der Waals surface area contributed by atoms with Gasteiger partial charge in [0, 0.05) is 45.0 Å². The summed E-state index contributed by atoms with van der Waals surface area (Å²) in [5.41, 5.74) is 1.40. The lowest BCUT2D eigenvalue weighted by Crippen LogP contribution is -2.34. The van der Waals surface area contributed by atoms with Gasteiger partial charge >= 0.3 is 6.09 Å². The van der Waals surface area contributed by atoms with E-state index in [1.54, 1.807) is 6.20 Å². The highest BCUT2D eigenvalue weighted by atomic mass is 79.9. The highest BCUT2D eigenvalue weighted by Crippen LogP contribution is 2.45. The fourth-order valence-corrected chi connectivity index (χ4v) is 5.53. The number of hydrogen-bond acceptors (Lipinski definition) is 4. The van der Waals surface area contributed by atoms with Crippen LogP contribution >= 0.6 is 15.9 Å². The van der Waals surface area contributed by atoms with Crippen LogP contribution in [-0.2, 0) is 0 Å². The molecule has 1 amide bonds. The first-order valence-corrected chi connectivity index (χ1v) is 10.5. The van der Waals surface area contributed by atoms with Gasteiger partial charge in [0.1, 0.15) is 5.65 Å². The zero-order chi connectivity index (χ0) is 21.3. The second kappa shape index (κ2) is 6.78. The number of carboxylic acid groups (broad SMARTS) is 1. The van der Waals surface area contributed by atoms with Crippen LogP contribution < -0.4 is 9.80 Å². The van der Waals surface area contributed by atoms with Crippen LogP contribution in [0.1, 0.15) is 6.42 Å². The van der Waals surface area contributed by atoms with E-state index in [0.29, 0.717) is 21.4 Å². The second-order valence-corrected chi connectivity index (χ2v) is 8.97. The van der Waals surface area contributed by atoms with Crippen molar-refractivity contribution in [2.75, 3.05) is 43.5 Å². The Morgan fingerprint density at radius 1 is 1.37 bits per heavy atom. The van der Waals surface area contributed by atoms with E-state index in [0.717, 1.165) is 42.7 Å². The molecule has 2 aliphatic heterocycles. The third-order valence-electron chi connectivity index (χ3n) is 6.36. The predicted octanol–water partition coefficient (Wildman–Crippen LogP) is 4.01. The lowest BCUT2D eigenvalue weighted by atomic mass is 10.0. The Labute approximate surface area is 179 Å². The van der Waals surface area contributed by atoms with E-state index in [4.69, 9.17) is 0 Å². The smallest absolute Gasteiger partial charge is 0.411 e. The van der Waals surface area contributed by atoms with Gasteiger partial charge in [-0.05, 0) is 35.3 Å². The molecule has 4 heterocycles. The molecular weight excluding hydrogens is 460 g/mol. The molecule has 5 rings (SSSR count). The van der Waals surface area contributed by atoms with Gasteiger partial charge in [-0.1, -0.05) is 0 Å². The Balaban J connectivity index is 1.82. The number of fused-ring (bicyclic) bond motifs is 4. The second-order valence-electron chi connectivity index (χ2n) is 8.12. The monoisotopic (exact) mass is 479 g/mol. The molecule has 2 aliphatic rings. The number of halogens is 3. The molecule has 2 N–H and O–H groups in total. The number of likely N-dealkylation sites (N-methyl/N-ethyl adjacent to an activating group) is 1. The molecule has 1 aromatic carbocycles. The van der Waals surface area contributed by atoms with Crippen molar-refractivity contribution in [3.8, 4) is 0 Å². The average Bonchev–Trinajstić information content (AvgIpc) is 3.36. The third-order valence-corrected chi connectivity index (χ3v) is 6.94. The number of amides is 1. The molecule has 2 saturated heterocycles. The van der Waals surface area contributed by atoms with Gasteiger partial charge in [-0.25, -0.2) is 18.6 Å². The quantitative estimate of drug-likeness (QED) is 0.580. The highest BCUT2D eigenvalue weighted by molar-refractivity contribution is 9.10. The molecular formula is C20H20BrF2N5O2. The first-order valence-electron chi connectivity index (χ1n) is 9.67. The van der Waals surface area contributed by atoms with Crippen molar-refractivity contribution < 1.29 is 18.7 Å². The summed E-state index contributed by atoms with van der Waals surface area (Å²) in [5.74, 6) is -1.60. The van der Waals surface area contributed by atoms with Crippen LogP contribution in [0.2, 0.25) is 0 Å². The number of anilines is 2. The fraction of sp³-hybridized carbons (Fsp3) is 0.400. The summed E-state index contributed by atoms with van der Waals surface area (Å²) < 4.78 is 30.4. The number of aromatic amines is 1. The molecule has 3 aromatic rings. The molecule has 0 bridgehead atoms. The number of nitrogens with one attached hydrogen (secondary N) is 1. The summed E-state index contributed by atoms with van der Waals surface area (Å²) >= 11 is 3.57. The van der Waals surface area contributed by atoms with Crippen molar-refractivity contribution in [2.24, 2.45) is 5.92 Å². The van der Waals surface area contributed by atoms with Crippen molar-refractivity contribution in [1.82, 2.24) is 14.9 Å². The van der Waals surface area contributed by atoms with Gasteiger partial charge < -0.3 is 19.9 Å². The fourth-order valence-electron chi connectivity index (χ4n) is 5.00. The molecule has 2 aromatic heterocycles. The number of pyridine rings is 1. The first kappa shape index (κ1) is 19.5. The molecule has 0 unspecified atom stereocenters. The number of nitrogens with zero attached hydrogens (tertiary/aromatic N) is 4. The van der Waals surface area contributed by atoms with E-state index in [2.05, 4.69) is 42.7 Å². The van der Waals surface area contributed by atoms with Crippen molar-refractivity contribution in [3.63, 3.8) is 0 Å². The van der Waals surface area contributed by atoms with Crippen molar-refractivity contribution in [3.05, 3.63) is 28.4 Å². The zero-order valence-electron chi connectivity index (χ0n) is 16.4. The molecule has 0 aliphatic carbocycles. The van der Waals surface area contributed by atoms with Crippen LogP contribution in [0.15, 0.2) is 16.7 Å². The summed E-state index contributed by atoms with van der Waals surface area (Å²) in [4.78, 5) is 24.3. The van der Waals surface area contributed by atoms with Crippen LogP contribution in [-0.4, -0.2) is 65.8 Å². The van der Waals surface area contributed by atoms with Gasteiger partial charge in [0.25, 0.3) is 0 Å². The summed E-state index contributed by atoms with van der Waals surface area (Å²) in [5, 5.41) is 9.87. The zero-order valence-corrected chi connectivity index (χ0v) is 18.0. The van der Waals surface area contributed by atoms with E-state index in [-0.39, 0.29) is 22.6 Å². The highest BCUT2D eigenvalue weighted by Gasteiger charge is 2.41. The number of H-pyrrole nitrogens is 1. The maximum absolute atomic E-state index is 15.1.